The van der Waals surface area contributed by atoms with Crippen LogP contribution in [0.3, 0.4) is 0 Å². The lowest BCUT2D eigenvalue weighted by molar-refractivity contribution is -0.384. The van der Waals surface area contributed by atoms with E-state index in [2.05, 4.69) is 0 Å². The number of nitro groups is 1. The molecule has 0 bridgehead atoms. The quantitative estimate of drug-likeness (QED) is 0.254. The summed E-state index contributed by atoms with van der Waals surface area (Å²) in [5, 5.41) is 11.4. The third-order valence-corrected chi connectivity index (χ3v) is 5.55. The van der Waals surface area contributed by atoms with Gasteiger partial charge < -0.3 is 4.90 Å². The van der Waals surface area contributed by atoms with Crippen molar-refractivity contribution in [2.45, 2.75) is 46.7 Å². The third-order valence-electron chi connectivity index (χ3n) is 5.55. The van der Waals surface area contributed by atoms with Crippen LogP contribution in [-0.4, -0.2) is 31.8 Å². The highest BCUT2D eigenvalue weighted by Gasteiger charge is 2.25. The molecule has 34 heavy (non-hydrogen) atoms. The number of carbonyl (C=O) groups is 1. The Labute approximate surface area is 198 Å². The molecule has 3 aromatic rings. The molecule has 1 unspecified atom stereocenters. The monoisotopic (exact) mass is 462 g/mol. The summed E-state index contributed by atoms with van der Waals surface area (Å²) < 4.78 is 1.67. The Morgan fingerprint density at radius 3 is 2.44 bits per heavy atom. The van der Waals surface area contributed by atoms with Crippen molar-refractivity contribution < 1.29 is 9.72 Å². The molecule has 178 valence electrons. The standard InChI is InChI=1S/C26H30N4O4/c1-5-16-28-25(27-23-9-7-6-8-22(23)26(28)32)19(4)29(17-18(2)3)24(31)15-12-20-10-13-21(14-11-20)30(33)34/h6-15,18-19H,5,16-17H2,1-4H3/b15-12+. The summed E-state index contributed by atoms with van der Waals surface area (Å²) in [6, 6.07) is 12.8. The number of aromatic nitrogens is 2. The number of benzene rings is 2. The van der Waals surface area contributed by atoms with E-state index < -0.39 is 11.0 Å². The van der Waals surface area contributed by atoms with Crippen molar-refractivity contribution in [1.82, 2.24) is 14.5 Å². The molecule has 0 saturated carbocycles. The predicted octanol–water partition coefficient (Wildman–Crippen LogP) is 4.97. The molecule has 1 heterocycles. The van der Waals surface area contributed by atoms with Crippen LogP contribution < -0.4 is 5.56 Å². The van der Waals surface area contributed by atoms with E-state index in [4.69, 9.17) is 4.98 Å². The van der Waals surface area contributed by atoms with Gasteiger partial charge in [0.25, 0.3) is 11.2 Å². The van der Waals surface area contributed by atoms with Gasteiger partial charge in [0.2, 0.25) is 5.91 Å². The summed E-state index contributed by atoms with van der Waals surface area (Å²) in [7, 11) is 0. The molecule has 0 aliphatic carbocycles. The molecule has 8 heteroatoms. The molecule has 0 N–H and O–H groups in total. The number of carbonyl (C=O) groups excluding carboxylic acids is 1. The molecular formula is C26H30N4O4. The minimum Gasteiger partial charge on any atom is -0.329 e. The van der Waals surface area contributed by atoms with Gasteiger partial charge >= 0.3 is 0 Å². The zero-order valence-corrected chi connectivity index (χ0v) is 20.0. The third kappa shape index (κ3) is 5.57. The SMILES string of the molecule is CCCn1c(C(C)N(CC(C)C)C(=O)/C=C/c2ccc([N+](=O)[O-])cc2)nc2ccccc2c1=O. The zero-order valence-electron chi connectivity index (χ0n) is 20.0. The number of hydrogen-bond acceptors (Lipinski definition) is 5. The van der Waals surface area contributed by atoms with E-state index in [1.807, 2.05) is 45.9 Å². The maximum absolute atomic E-state index is 13.3. The van der Waals surface area contributed by atoms with Crippen LogP contribution in [0.4, 0.5) is 5.69 Å². The van der Waals surface area contributed by atoms with E-state index in [0.717, 1.165) is 6.42 Å². The first-order chi connectivity index (χ1) is 16.2. The van der Waals surface area contributed by atoms with E-state index in [0.29, 0.717) is 35.4 Å². The molecule has 0 aliphatic heterocycles. The number of hydrogen-bond donors (Lipinski definition) is 0. The Morgan fingerprint density at radius 1 is 1.15 bits per heavy atom. The first-order valence-corrected chi connectivity index (χ1v) is 11.5. The van der Waals surface area contributed by atoms with Gasteiger partial charge in [-0.15, -0.1) is 0 Å². The first-order valence-electron chi connectivity index (χ1n) is 11.5. The number of nitrogens with zero attached hydrogens (tertiary/aromatic N) is 4. The summed E-state index contributed by atoms with van der Waals surface area (Å²) in [5.74, 6) is 0.541. The fraction of sp³-hybridized carbons (Fsp3) is 0.346. The molecule has 1 amide bonds. The molecule has 8 nitrogen and oxygen atoms in total. The average Bonchev–Trinajstić information content (AvgIpc) is 2.82. The number of rotatable bonds is 9. The normalized spacial score (nSPS) is 12.4. The molecule has 3 rings (SSSR count). The molecule has 2 aromatic carbocycles. The maximum Gasteiger partial charge on any atom is 0.269 e. The fourth-order valence-electron chi connectivity index (χ4n) is 3.89. The van der Waals surface area contributed by atoms with Crippen LogP contribution >= 0.6 is 0 Å². The van der Waals surface area contributed by atoms with Gasteiger partial charge in [0.05, 0.1) is 21.9 Å². The number of fused-ring (bicyclic) bond motifs is 1. The minimum atomic E-state index is -0.461. The Kier molecular flexibility index (Phi) is 7.94. The molecule has 0 fully saturated rings. The molecular weight excluding hydrogens is 432 g/mol. The van der Waals surface area contributed by atoms with E-state index in [-0.39, 0.29) is 23.1 Å². The number of para-hydroxylation sites is 1. The Bertz CT molecular complexity index is 1260. The van der Waals surface area contributed by atoms with Crippen molar-refractivity contribution >= 4 is 28.6 Å². The lowest BCUT2D eigenvalue weighted by Gasteiger charge is -2.31. The van der Waals surface area contributed by atoms with Crippen molar-refractivity contribution in [3.8, 4) is 0 Å². The van der Waals surface area contributed by atoms with E-state index in [9.17, 15) is 19.7 Å². The highest BCUT2D eigenvalue weighted by atomic mass is 16.6. The summed E-state index contributed by atoms with van der Waals surface area (Å²) >= 11 is 0. The van der Waals surface area contributed by atoms with Crippen LogP contribution in [0.25, 0.3) is 17.0 Å². The average molecular weight is 463 g/mol. The molecule has 0 saturated heterocycles. The Morgan fingerprint density at radius 2 is 1.82 bits per heavy atom. The number of amides is 1. The first kappa shape index (κ1) is 24.8. The Hall–Kier alpha value is -3.81. The predicted molar refractivity (Wildman–Crippen MR) is 133 cm³/mol. The van der Waals surface area contributed by atoms with Gasteiger partial charge in [0.1, 0.15) is 5.82 Å². The van der Waals surface area contributed by atoms with Crippen LogP contribution in [0.5, 0.6) is 0 Å². The van der Waals surface area contributed by atoms with Crippen LogP contribution in [0.2, 0.25) is 0 Å². The number of non-ortho nitro benzene ring substituents is 1. The largest absolute Gasteiger partial charge is 0.329 e. The fourth-order valence-corrected chi connectivity index (χ4v) is 3.89. The van der Waals surface area contributed by atoms with Gasteiger partial charge in [-0.2, -0.15) is 0 Å². The second-order valence-corrected chi connectivity index (χ2v) is 8.69. The lowest BCUT2D eigenvalue weighted by Crippen LogP contribution is -2.39. The topological polar surface area (TPSA) is 98.3 Å². The molecule has 1 atom stereocenters. The van der Waals surface area contributed by atoms with Gasteiger partial charge in [0, 0.05) is 31.3 Å². The second kappa shape index (κ2) is 10.9. The summed E-state index contributed by atoms with van der Waals surface area (Å²) in [4.78, 5) is 43.4. The maximum atomic E-state index is 13.3. The van der Waals surface area contributed by atoms with E-state index in [1.54, 1.807) is 33.7 Å². The van der Waals surface area contributed by atoms with Gasteiger partial charge in [-0.1, -0.05) is 32.9 Å². The van der Waals surface area contributed by atoms with Gasteiger partial charge in [-0.3, -0.25) is 24.3 Å². The number of nitro benzene ring substituents is 1. The highest BCUT2D eigenvalue weighted by Crippen LogP contribution is 2.22. The van der Waals surface area contributed by atoms with E-state index >= 15 is 0 Å². The van der Waals surface area contributed by atoms with Crippen molar-refractivity contribution in [2.75, 3.05) is 6.54 Å². The lowest BCUT2D eigenvalue weighted by atomic mass is 10.1. The van der Waals surface area contributed by atoms with Gasteiger partial charge in [-0.05, 0) is 55.2 Å². The Balaban J connectivity index is 1.98. The second-order valence-electron chi connectivity index (χ2n) is 8.69. The van der Waals surface area contributed by atoms with Crippen molar-refractivity contribution in [2.24, 2.45) is 5.92 Å². The van der Waals surface area contributed by atoms with Crippen molar-refractivity contribution in [3.05, 3.63) is 86.5 Å². The van der Waals surface area contributed by atoms with Crippen molar-refractivity contribution in [1.29, 1.82) is 0 Å². The molecule has 0 radical (unpaired) electrons. The zero-order chi connectivity index (χ0) is 24.8. The summed E-state index contributed by atoms with van der Waals surface area (Å²) in [5.41, 5.74) is 1.19. The summed E-state index contributed by atoms with van der Waals surface area (Å²) in [6.07, 6.45) is 3.86. The van der Waals surface area contributed by atoms with Crippen LogP contribution in [0.1, 0.15) is 51.5 Å². The van der Waals surface area contributed by atoms with E-state index in [1.165, 1.54) is 18.2 Å². The summed E-state index contributed by atoms with van der Waals surface area (Å²) in [6.45, 7) is 8.95. The van der Waals surface area contributed by atoms with Crippen LogP contribution in [0, 0.1) is 16.0 Å². The molecule has 0 aliphatic rings. The van der Waals surface area contributed by atoms with Gasteiger partial charge in [-0.25, -0.2) is 4.98 Å². The van der Waals surface area contributed by atoms with Gasteiger partial charge in [0.15, 0.2) is 0 Å². The smallest absolute Gasteiger partial charge is 0.269 e. The van der Waals surface area contributed by atoms with Crippen molar-refractivity contribution in [3.63, 3.8) is 0 Å². The van der Waals surface area contributed by atoms with Crippen LogP contribution in [-0.2, 0) is 11.3 Å². The highest BCUT2D eigenvalue weighted by molar-refractivity contribution is 5.92. The minimum absolute atomic E-state index is 0.00481. The molecule has 1 aromatic heterocycles. The van der Waals surface area contributed by atoms with Crippen LogP contribution in [0.15, 0.2) is 59.4 Å². The molecule has 0 spiro atoms.